The van der Waals surface area contributed by atoms with Gasteiger partial charge in [-0.1, -0.05) is 12.2 Å². The lowest BCUT2D eigenvalue weighted by Gasteiger charge is -2.24. The van der Waals surface area contributed by atoms with Crippen molar-refractivity contribution in [3.05, 3.63) is 58.1 Å². The van der Waals surface area contributed by atoms with Gasteiger partial charge in [0.05, 0.1) is 34.0 Å². The summed E-state index contributed by atoms with van der Waals surface area (Å²) in [7, 11) is 4.28. The summed E-state index contributed by atoms with van der Waals surface area (Å²) in [6.45, 7) is 1.33. The van der Waals surface area contributed by atoms with Gasteiger partial charge in [-0.15, -0.1) is 11.3 Å². The number of amides is 2. The fourth-order valence-corrected chi connectivity index (χ4v) is 6.14. The number of fused-ring (bicyclic) bond motifs is 1. The van der Waals surface area contributed by atoms with E-state index < -0.39 is 41.3 Å². The largest absolute Gasteiger partial charge is 0.507 e. The average molecular weight is 696 g/mol. The molecule has 2 atom stereocenters. The first-order valence-electron chi connectivity index (χ1n) is 15.8. The summed E-state index contributed by atoms with van der Waals surface area (Å²) in [5.74, 6) is -3.08. The van der Waals surface area contributed by atoms with Crippen LogP contribution in [0.5, 0.6) is 28.7 Å². The van der Waals surface area contributed by atoms with Crippen molar-refractivity contribution in [2.45, 2.75) is 63.9 Å². The predicted molar refractivity (Wildman–Crippen MR) is 183 cm³/mol. The molecule has 3 aromatic rings. The maximum absolute atomic E-state index is 13.7. The maximum Gasteiger partial charge on any atom is 0.342 e. The number of aromatic nitrogens is 1. The van der Waals surface area contributed by atoms with Crippen LogP contribution in [0, 0.1) is 0 Å². The molecule has 4 N–H and O–H groups in total. The Labute approximate surface area is 288 Å². The quantitative estimate of drug-likeness (QED) is 0.201. The van der Waals surface area contributed by atoms with Gasteiger partial charge in [0.15, 0.2) is 16.6 Å². The lowest BCUT2D eigenvalue weighted by atomic mass is 9.84. The molecular weight excluding hydrogens is 654 g/mol. The van der Waals surface area contributed by atoms with Gasteiger partial charge in [0, 0.05) is 42.3 Å². The molecule has 49 heavy (non-hydrogen) atoms. The van der Waals surface area contributed by atoms with E-state index in [1.807, 2.05) is 0 Å². The van der Waals surface area contributed by atoms with E-state index >= 15 is 0 Å². The number of phenolic OH excluding ortho intramolecular Hbond substituents is 2. The number of ether oxygens (including phenoxy) is 4. The second-order valence-electron chi connectivity index (χ2n) is 11.4. The molecule has 1 aromatic heterocycles. The van der Waals surface area contributed by atoms with E-state index in [4.69, 9.17) is 18.9 Å². The van der Waals surface area contributed by atoms with Crippen LogP contribution in [0.25, 0.3) is 6.08 Å². The van der Waals surface area contributed by atoms with Crippen molar-refractivity contribution in [3.8, 4) is 28.7 Å². The number of carbonyl (C=O) groups is 4. The average Bonchev–Trinajstić information content (AvgIpc) is 3.58. The molecule has 2 aromatic carbocycles. The van der Waals surface area contributed by atoms with Crippen molar-refractivity contribution in [1.29, 1.82) is 0 Å². The minimum atomic E-state index is -1.09. The van der Waals surface area contributed by atoms with Gasteiger partial charge in [-0.05, 0) is 61.9 Å². The van der Waals surface area contributed by atoms with Crippen LogP contribution in [0.2, 0.25) is 0 Å². The van der Waals surface area contributed by atoms with E-state index in [2.05, 4.69) is 15.6 Å². The number of esters is 1. The van der Waals surface area contributed by atoms with Crippen molar-refractivity contribution in [3.63, 3.8) is 0 Å². The fourth-order valence-electron chi connectivity index (χ4n) is 5.59. The topological polar surface area (TPSA) is 183 Å². The Morgan fingerprint density at radius 2 is 1.76 bits per heavy atom. The summed E-state index contributed by atoms with van der Waals surface area (Å²) in [5.41, 5.74) is 0.251. The number of nitrogens with zero attached hydrogens (tertiary/aromatic N) is 1. The number of Topliss-reactive ketones (excluding diaryl/α,β-unsaturated/α-hetero) is 1. The Hall–Kier alpha value is -5.11. The number of benzene rings is 2. The van der Waals surface area contributed by atoms with Crippen LogP contribution in [0.4, 0.5) is 5.13 Å². The molecule has 13 nitrogen and oxygen atoms in total. The second kappa shape index (κ2) is 17.3. The van der Waals surface area contributed by atoms with E-state index in [0.29, 0.717) is 49.2 Å². The normalized spacial score (nSPS) is 16.0. The second-order valence-corrected chi connectivity index (χ2v) is 12.3. The smallest absolute Gasteiger partial charge is 0.342 e. The number of methoxy groups -OCH3 is 3. The van der Waals surface area contributed by atoms with Gasteiger partial charge in [0.1, 0.15) is 22.8 Å². The first-order chi connectivity index (χ1) is 23.6. The molecular formula is C35H41N3O10S. The number of ketones is 1. The van der Waals surface area contributed by atoms with E-state index in [0.717, 1.165) is 0 Å². The predicted octanol–water partition coefficient (Wildman–Crippen LogP) is 5.34. The minimum absolute atomic E-state index is 0.125. The van der Waals surface area contributed by atoms with Gasteiger partial charge in [-0.25, -0.2) is 9.78 Å². The Morgan fingerprint density at radius 3 is 2.41 bits per heavy atom. The fraction of sp³-hybridized carbons (Fsp3) is 0.400. The van der Waals surface area contributed by atoms with Crippen LogP contribution in [-0.4, -0.2) is 72.7 Å². The molecule has 0 fully saturated rings. The molecule has 1 aliphatic heterocycles. The van der Waals surface area contributed by atoms with Crippen LogP contribution < -0.4 is 24.8 Å². The number of rotatable bonds is 10. The summed E-state index contributed by atoms with van der Waals surface area (Å²) in [5, 5.41) is 30.5. The van der Waals surface area contributed by atoms with Gasteiger partial charge in [-0.2, -0.15) is 0 Å². The van der Waals surface area contributed by atoms with E-state index in [9.17, 15) is 29.4 Å². The standard InChI is InChI=1S/C35H41N3O10S/c1-20-9-8-12-23(39)11-7-5-6-10-21-15-25(40)31(32(43)30(21)34(44)48-20)24(22-16-26(45-2)33(47-4)27(17-22)46-3)18-28(41)37-19-29(42)38-35-36-13-14-49-35/h6,10,13-17,20,24,40,43H,5,7-9,11-12,18-19H2,1-4H3,(H,37,41)(H,36,38,42)/t20-,24?/m0/s1. The first-order valence-corrected chi connectivity index (χ1v) is 16.7. The highest BCUT2D eigenvalue weighted by Gasteiger charge is 2.32. The Balaban J connectivity index is 1.79. The van der Waals surface area contributed by atoms with Gasteiger partial charge >= 0.3 is 5.97 Å². The van der Waals surface area contributed by atoms with Gasteiger partial charge in [0.25, 0.3) is 0 Å². The number of anilines is 1. The molecule has 0 aliphatic carbocycles. The summed E-state index contributed by atoms with van der Waals surface area (Å²) < 4.78 is 22.2. The lowest BCUT2D eigenvalue weighted by Crippen LogP contribution is -2.33. The number of nitrogens with one attached hydrogen (secondary N) is 2. The van der Waals surface area contributed by atoms with Gasteiger partial charge in [-0.3, -0.25) is 14.4 Å². The Morgan fingerprint density at radius 1 is 1.04 bits per heavy atom. The molecule has 14 heteroatoms. The molecule has 0 saturated heterocycles. The van der Waals surface area contributed by atoms with Crippen LogP contribution in [-0.2, 0) is 19.1 Å². The molecule has 2 heterocycles. The van der Waals surface area contributed by atoms with Crippen LogP contribution in [0.15, 0.2) is 35.9 Å². The number of hydrogen-bond donors (Lipinski definition) is 4. The number of carbonyl (C=O) groups excluding carboxylic acids is 4. The molecule has 0 bridgehead atoms. The molecule has 2 amide bonds. The van der Waals surface area contributed by atoms with E-state index in [1.165, 1.54) is 44.9 Å². The molecule has 1 aliphatic rings. The Kier molecular flexibility index (Phi) is 13.0. The van der Waals surface area contributed by atoms with Gasteiger partial charge in [0.2, 0.25) is 17.6 Å². The number of allylic oxidation sites excluding steroid dienone is 1. The highest BCUT2D eigenvalue weighted by Crippen LogP contribution is 2.47. The summed E-state index contributed by atoms with van der Waals surface area (Å²) in [4.78, 5) is 55.7. The minimum Gasteiger partial charge on any atom is -0.507 e. The highest BCUT2D eigenvalue weighted by molar-refractivity contribution is 7.13. The van der Waals surface area contributed by atoms with Crippen molar-refractivity contribution < 1.29 is 48.3 Å². The maximum atomic E-state index is 13.7. The molecule has 4 rings (SSSR count). The van der Waals surface area contributed by atoms with E-state index in [1.54, 1.807) is 36.6 Å². The third kappa shape index (κ3) is 9.50. The molecule has 0 saturated carbocycles. The van der Waals surface area contributed by atoms with Crippen molar-refractivity contribution in [2.24, 2.45) is 0 Å². The first kappa shape index (κ1) is 36.7. The highest BCUT2D eigenvalue weighted by atomic mass is 32.1. The third-order valence-corrected chi connectivity index (χ3v) is 8.69. The van der Waals surface area contributed by atoms with E-state index in [-0.39, 0.29) is 52.7 Å². The number of thiazole rings is 1. The molecule has 0 spiro atoms. The number of cyclic esters (lactones) is 1. The number of aromatic hydroxyl groups is 2. The van der Waals surface area contributed by atoms with Gasteiger partial charge < -0.3 is 39.8 Å². The zero-order valence-electron chi connectivity index (χ0n) is 27.9. The molecule has 262 valence electrons. The molecule has 1 unspecified atom stereocenters. The lowest BCUT2D eigenvalue weighted by molar-refractivity contribution is -0.124. The van der Waals surface area contributed by atoms with Crippen molar-refractivity contribution in [2.75, 3.05) is 33.2 Å². The zero-order chi connectivity index (χ0) is 35.5. The summed E-state index contributed by atoms with van der Waals surface area (Å²) >= 11 is 1.22. The monoisotopic (exact) mass is 695 g/mol. The van der Waals surface area contributed by atoms with Crippen molar-refractivity contribution in [1.82, 2.24) is 10.3 Å². The summed E-state index contributed by atoms with van der Waals surface area (Å²) in [6, 6.07) is 4.47. The van der Waals surface area contributed by atoms with Crippen LogP contribution in [0.3, 0.4) is 0 Å². The number of phenols is 2. The zero-order valence-corrected chi connectivity index (χ0v) is 28.7. The Bertz CT molecular complexity index is 1660. The third-order valence-electron chi connectivity index (χ3n) is 8.00. The summed E-state index contributed by atoms with van der Waals surface area (Å²) in [6.07, 6.45) is 6.87. The number of hydrogen-bond acceptors (Lipinski definition) is 12. The van der Waals surface area contributed by atoms with Crippen LogP contribution >= 0.6 is 11.3 Å². The molecule has 0 radical (unpaired) electrons. The van der Waals surface area contributed by atoms with Crippen molar-refractivity contribution >= 4 is 46.1 Å². The SMILES string of the molecule is COc1cc(C(CC(=O)NCC(=O)Nc2nccs2)c2c(O)cc3c(c2O)C(=O)O[C@@H](C)CCCC(=O)CCCC=C3)cc(OC)c1OC. The van der Waals surface area contributed by atoms with Crippen LogP contribution in [0.1, 0.15) is 84.8 Å².